The zero-order valence-corrected chi connectivity index (χ0v) is 7.47. The summed E-state index contributed by atoms with van der Waals surface area (Å²) in [6.45, 7) is 0. The molecule has 1 aromatic rings. The minimum atomic E-state index is 0. The summed E-state index contributed by atoms with van der Waals surface area (Å²) in [5.74, 6) is 0.0648. The average Bonchev–Trinajstić information content (AvgIpc) is 1.64. The van der Waals surface area contributed by atoms with Gasteiger partial charge in [-0.3, -0.25) is 0 Å². The fourth-order valence-corrected chi connectivity index (χ4v) is 0.447. The standard InChI is InChI=1S/C6H5O2.W/c7-5-2-1-3-6(8)4-5;/h2-4,7-8H;/q-1;. The summed E-state index contributed by atoms with van der Waals surface area (Å²) in [4.78, 5) is 0. The van der Waals surface area contributed by atoms with Crippen LogP contribution in [0, 0.1) is 6.07 Å². The second kappa shape index (κ2) is 3.52. The van der Waals surface area contributed by atoms with Crippen molar-refractivity contribution < 1.29 is 31.3 Å². The van der Waals surface area contributed by atoms with Gasteiger partial charge in [-0.1, -0.05) is 6.07 Å². The second-order valence-electron chi connectivity index (χ2n) is 1.45. The molecule has 1 rings (SSSR count). The van der Waals surface area contributed by atoms with Gasteiger partial charge in [0.1, 0.15) is 0 Å². The molecule has 0 aliphatic heterocycles. The molecular weight excluding hydrogens is 288 g/mol. The van der Waals surface area contributed by atoms with Crippen LogP contribution in [0.2, 0.25) is 0 Å². The predicted octanol–water partition coefficient (Wildman–Crippen LogP) is 0.895. The first-order valence-corrected chi connectivity index (χ1v) is 2.18. The molecule has 0 aromatic heterocycles. The largest absolute Gasteiger partial charge is 0.566 e. The van der Waals surface area contributed by atoms with E-state index < -0.39 is 0 Å². The van der Waals surface area contributed by atoms with Crippen molar-refractivity contribution in [2.75, 3.05) is 0 Å². The van der Waals surface area contributed by atoms with Crippen LogP contribution in [0.5, 0.6) is 11.5 Å². The molecular formula is C6H5O2W-. The maximum absolute atomic E-state index is 8.62. The van der Waals surface area contributed by atoms with Gasteiger partial charge in [-0.25, -0.2) is 0 Å². The number of rotatable bonds is 0. The number of benzene rings is 1. The Balaban J connectivity index is 0.000000640. The van der Waals surface area contributed by atoms with Gasteiger partial charge in [-0.2, -0.15) is 6.07 Å². The van der Waals surface area contributed by atoms with Gasteiger partial charge in [0.25, 0.3) is 0 Å². The fourth-order valence-electron chi connectivity index (χ4n) is 0.447. The Morgan fingerprint density at radius 3 is 1.78 bits per heavy atom. The molecule has 0 aliphatic carbocycles. The van der Waals surface area contributed by atoms with Gasteiger partial charge < -0.3 is 10.2 Å². The second-order valence-corrected chi connectivity index (χ2v) is 1.45. The summed E-state index contributed by atoms with van der Waals surface area (Å²) < 4.78 is 0. The van der Waals surface area contributed by atoms with Gasteiger partial charge in [0.15, 0.2) is 0 Å². The minimum absolute atomic E-state index is 0. The van der Waals surface area contributed by atoms with Crippen molar-refractivity contribution in [3.63, 3.8) is 0 Å². The van der Waals surface area contributed by atoms with E-state index in [-0.39, 0.29) is 32.6 Å². The molecule has 0 bridgehead atoms. The van der Waals surface area contributed by atoms with Crippen LogP contribution < -0.4 is 0 Å². The van der Waals surface area contributed by atoms with Gasteiger partial charge in [0, 0.05) is 32.6 Å². The first-order valence-electron chi connectivity index (χ1n) is 2.18. The van der Waals surface area contributed by atoms with E-state index in [1.54, 1.807) is 0 Å². The molecule has 0 aliphatic rings. The molecule has 0 spiro atoms. The van der Waals surface area contributed by atoms with Gasteiger partial charge in [-0.05, 0) is 0 Å². The molecule has 0 saturated carbocycles. The maximum Gasteiger partial charge on any atom is 0.00666 e. The average molecular weight is 293 g/mol. The maximum atomic E-state index is 8.62. The SMILES string of the molecule is Oc1c[c-]cc(O)c1.[W]. The molecule has 2 nitrogen and oxygen atoms in total. The van der Waals surface area contributed by atoms with Crippen molar-refractivity contribution in [1.82, 2.24) is 0 Å². The van der Waals surface area contributed by atoms with Crippen LogP contribution in [0.25, 0.3) is 0 Å². The molecule has 1 aromatic carbocycles. The molecule has 0 radical (unpaired) electrons. The first kappa shape index (κ1) is 8.51. The number of phenols is 2. The third-order valence-electron chi connectivity index (χ3n) is 0.758. The summed E-state index contributed by atoms with van der Waals surface area (Å²) >= 11 is 0. The third kappa shape index (κ3) is 2.52. The van der Waals surface area contributed by atoms with E-state index in [2.05, 4.69) is 6.07 Å². The van der Waals surface area contributed by atoms with E-state index in [1.807, 2.05) is 0 Å². The van der Waals surface area contributed by atoms with Gasteiger partial charge in [-0.15, -0.1) is 12.1 Å². The van der Waals surface area contributed by atoms with Crippen LogP contribution in [-0.4, -0.2) is 10.2 Å². The number of phenolic OH excluding ortho intramolecular Hbond substituents is 2. The Kier molecular flexibility index (Phi) is 3.33. The van der Waals surface area contributed by atoms with Crippen LogP contribution >= 0.6 is 0 Å². The Morgan fingerprint density at radius 1 is 1.11 bits per heavy atom. The smallest absolute Gasteiger partial charge is 0.00666 e. The Morgan fingerprint density at radius 2 is 1.56 bits per heavy atom. The van der Waals surface area contributed by atoms with Crippen LogP contribution in [0.3, 0.4) is 0 Å². The molecule has 0 unspecified atom stereocenters. The summed E-state index contributed by atoms with van der Waals surface area (Å²) in [6, 6.07) is 6.52. The van der Waals surface area contributed by atoms with E-state index in [0.29, 0.717) is 0 Å². The Hall–Kier alpha value is -0.492. The van der Waals surface area contributed by atoms with Crippen LogP contribution in [0.15, 0.2) is 18.2 Å². The van der Waals surface area contributed by atoms with Gasteiger partial charge >= 0.3 is 0 Å². The molecule has 0 fully saturated rings. The number of aromatic hydroxyl groups is 2. The van der Waals surface area contributed by atoms with Crippen LogP contribution in [0.1, 0.15) is 0 Å². The van der Waals surface area contributed by atoms with E-state index in [9.17, 15) is 0 Å². The monoisotopic (exact) mass is 293 g/mol. The third-order valence-corrected chi connectivity index (χ3v) is 0.758. The van der Waals surface area contributed by atoms with Crippen molar-refractivity contribution in [3.05, 3.63) is 24.3 Å². The molecule has 3 heteroatoms. The molecule has 2 N–H and O–H groups in total. The van der Waals surface area contributed by atoms with Gasteiger partial charge in [0.05, 0.1) is 0 Å². The Labute approximate surface area is 67.4 Å². The molecule has 48 valence electrons. The van der Waals surface area contributed by atoms with E-state index in [1.165, 1.54) is 18.2 Å². The van der Waals surface area contributed by atoms with Crippen LogP contribution in [0.4, 0.5) is 0 Å². The van der Waals surface area contributed by atoms with E-state index >= 15 is 0 Å². The fraction of sp³-hybridized carbons (Fsp3) is 0. The minimum Gasteiger partial charge on any atom is -0.566 e. The molecule has 0 saturated heterocycles. The Bertz CT molecular complexity index is 171. The summed E-state index contributed by atoms with van der Waals surface area (Å²) in [6.07, 6.45) is 0. The van der Waals surface area contributed by atoms with Crippen molar-refractivity contribution >= 4 is 0 Å². The summed E-state index contributed by atoms with van der Waals surface area (Å²) in [7, 11) is 0. The van der Waals surface area contributed by atoms with Gasteiger partial charge in [0.2, 0.25) is 0 Å². The molecule has 0 heterocycles. The zero-order valence-electron chi connectivity index (χ0n) is 4.53. The molecule has 0 atom stereocenters. The van der Waals surface area contributed by atoms with E-state index in [4.69, 9.17) is 10.2 Å². The predicted molar refractivity (Wildman–Crippen MR) is 28.6 cm³/mol. The topological polar surface area (TPSA) is 40.5 Å². The summed E-state index contributed by atoms with van der Waals surface area (Å²) in [5, 5.41) is 17.2. The first-order chi connectivity index (χ1) is 3.79. The summed E-state index contributed by atoms with van der Waals surface area (Å²) in [5.41, 5.74) is 0. The normalized spacial score (nSPS) is 8.00. The van der Waals surface area contributed by atoms with Crippen molar-refractivity contribution in [2.45, 2.75) is 0 Å². The van der Waals surface area contributed by atoms with Crippen LogP contribution in [-0.2, 0) is 21.1 Å². The van der Waals surface area contributed by atoms with Crippen molar-refractivity contribution in [3.8, 4) is 11.5 Å². The molecule has 0 amide bonds. The van der Waals surface area contributed by atoms with Crippen molar-refractivity contribution in [1.29, 1.82) is 0 Å². The number of hydrogen-bond acceptors (Lipinski definition) is 2. The van der Waals surface area contributed by atoms with E-state index in [0.717, 1.165) is 0 Å². The molecule has 9 heavy (non-hydrogen) atoms. The number of hydrogen-bond donors (Lipinski definition) is 2. The van der Waals surface area contributed by atoms with Crippen molar-refractivity contribution in [2.24, 2.45) is 0 Å². The zero-order chi connectivity index (χ0) is 5.98. The quantitative estimate of drug-likeness (QED) is 0.698.